The van der Waals surface area contributed by atoms with Gasteiger partial charge in [-0.2, -0.15) is 0 Å². The van der Waals surface area contributed by atoms with Gasteiger partial charge in [-0.1, -0.05) is 44.2 Å². The lowest BCUT2D eigenvalue weighted by atomic mass is 10.0. The molecule has 2 heterocycles. The third-order valence-electron chi connectivity index (χ3n) is 3.81. The highest BCUT2D eigenvalue weighted by molar-refractivity contribution is 5.87. The number of nitrogens with zero attached hydrogens (tertiary/aromatic N) is 1. The summed E-state index contributed by atoms with van der Waals surface area (Å²) in [5.74, 6) is -1.18. The van der Waals surface area contributed by atoms with Gasteiger partial charge in [0.05, 0.1) is 0 Å². The third kappa shape index (κ3) is 3.87. The fraction of sp³-hybridized carbons (Fsp3) is 0.333. The largest absolute Gasteiger partial charge is 0.477 e. The topological polar surface area (TPSA) is 73.4 Å². The molecule has 2 N–H and O–H groups in total. The number of aromatic amines is 1. The SMILES string of the molecule is CC.O=C(O)c1c[nH]c2c(c1=O)CCN(Cc1ccccc1)C2. The van der Waals surface area contributed by atoms with Crippen LogP contribution in [-0.2, 0) is 19.5 Å². The minimum absolute atomic E-state index is 0.176. The van der Waals surface area contributed by atoms with Crippen LogP contribution in [0.4, 0.5) is 0 Å². The maximum atomic E-state index is 12.1. The lowest BCUT2D eigenvalue weighted by Crippen LogP contribution is -2.35. The Kier molecular flexibility index (Phi) is 5.71. The van der Waals surface area contributed by atoms with Crippen molar-refractivity contribution in [3.05, 3.63) is 69.1 Å². The summed E-state index contributed by atoms with van der Waals surface area (Å²) in [4.78, 5) is 28.3. The minimum Gasteiger partial charge on any atom is -0.477 e. The van der Waals surface area contributed by atoms with Crippen LogP contribution in [0.2, 0.25) is 0 Å². The molecule has 0 saturated heterocycles. The fourth-order valence-corrected chi connectivity index (χ4v) is 2.73. The average Bonchev–Trinajstić information content (AvgIpc) is 2.57. The lowest BCUT2D eigenvalue weighted by Gasteiger charge is -2.28. The first-order valence-electron chi connectivity index (χ1n) is 7.88. The summed E-state index contributed by atoms with van der Waals surface area (Å²) in [7, 11) is 0. The smallest absolute Gasteiger partial charge is 0.341 e. The van der Waals surface area contributed by atoms with Gasteiger partial charge in [0.15, 0.2) is 5.43 Å². The number of H-pyrrole nitrogens is 1. The van der Waals surface area contributed by atoms with Crippen LogP contribution in [0.1, 0.15) is 41.0 Å². The second-order valence-corrected chi connectivity index (χ2v) is 5.24. The first-order chi connectivity index (χ1) is 11.1. The summed E-state index contributed by atoms with van der Waals surface area (Å²) in [5.41, 5.74) is 2.14. The molecule has 1 aliphatic heterocycles. The average molecular weight is 314 g/mol. The number of rotatable bonds is 3. The van der Waals surface area contributed by atoms with E-state index in [0.29, 0.717) is 18.5 Å². The molecule has 0 radical (unpaired) electrons. The van der Waals surface area contributed by atoms with Gasteiger partial charge >= 0.3 is 5.97 Å². The molecule has 0 saturated carbocycles. The molecule has 122 valence electrons. The number of carbonyl (C=O) groups is 1. The molecule has 0 bridgehead atoms. The van der Waals surface area contributed by atoms with Crippen LogP contribution < -0.4 is 5.43 Å². The van der Waals surface area contributed by atoms with E-state index < -0.39 is 5.97 Å². The van der Waals surface area contributed by atoms with Crippen LogP contribution >= 0.6 is 0 Å². The standard InChI is InChI=1S/C16H16N2O3.C2H6/c19-15-12-6-7-18(9-11-4-2-1-3-5-11)10-14(12)17-8-13(15)16(20)21;1-2/h1-5,8H,6-7,9-10H2,(H,17,19)(H,20,21);1-2H3. The van der Waals surface area contributed by atoms with Gasteiger partial charge in [-0.05, 0) is 12.0 Å². The Labute approximate surface area is 135 Å². The van der Waals surface area contributed by atoms with Crippen LogP contribution in [0.3, 0.4) is 0 Å². The van der Waals surface area contributed by atoms with Crippen molar-refractivity contribution < 1.29 is 9.90 Å². The molecule has 0 spiro atoms. The Morgan fingerprint density at radius 1 is 1.26 bits per heavy atom. The monoisotopic (exact) mass is 314 g/mol. The molecular formula is C18H22N2O3. The van der Waals surface area contributed by atoms with Crippen molar-refractivity contribution in [2.24, 2.45) is 0 Å². The van der Waals surface area contributed by atoms with E-state index >= 15 is 0 Å². The highest BCUT2D eigenvalue weighted by atomic mass is 16.4. The molecule has 3 rings (SSSR count). The Morgan fingerprint density at radius 2 is 1.96 bits per heavy atom. The van der Waals surface area contributed by atoms with Gasteiger partial charge in [-0.15, -0.1) is 0 Å². The van der Waals surface area contributed by atoms with Gasteiger partial charge in [-0.25, -0.2) is 4.79 Å². The van der Waals surface area contributed by atoms with Gasteiger partial charge < -0.3 is 10.1 Å². The number of hydrogen-bond donors (Lipinski definition) is 2. The van der Waals surface area contributed by atoms with Gasteiger partial charge in [-0.3, -0.25) is 9.69 Å². The van der Waals surface area contributed by atoms with E-state index in [9.17, 15) is 9.59 Å². The van der Waals surface area contributed by atoms with E-state index in [-0.39, 0.29) is 11.0 Å². The molecule has 0 fully saturated rings. The van der Waals surface area contributed by atoms with E-state index in [4.69, 9.17) is 5.11 Å². The summed E-state index contributed by atoms with van der Waals surface area (Å²) in [6.07, 6.45) is 1.88. The zero-order valence-corrected chi connectivity index (χ0v) is 13.5. The predicted octanol–water partition coefficient (Wildman–Crippen LogP) is 2.66. The number of hydrogen-bond acceptors (Lipinski definition) is 3. The number of benzene rings is 1. The molecule has 1 aliphatic rings. The van der Waals surface area contributed by atoms with E-state index in [1.54, 1.807) is 0 Å². The molecule has 2 aromatic rings. The summed E-state index contributed by atoms with van der Waals surface area (Å²) in [5, 5.41) is 8.98. The van der Waals surface area contributed by atoms with Crippen LogP contribution in [0.25, 0.3) is 0 Å². The molecule has 5 nitrogen and oxygen atoms in total. The number of aromatic carboxylic acids is 1. The third-order valence-corrected chi connectivity index (χ3v) is 3.81. The lowest BCUT2D eigenvalue weighted by molar-refractivity contribution is 0.0694. The number of nitrogens with one attached hydrogen (secondary N) is 1. The summed E-state index contributed by atoms with van der Waals surface area (Å²) >= 11 is 0. The zero-order valence-electron chi connectivity index (χ0n) is 13.5. The summed E-state index contributed by atoms with van der Waals surface area (Å²) in [6.45, 7) is 6.22. The highest BCUT2D eigenvalue weighted by Crippen LogP contribution is 2.16. The van der Waals surface area contributed by atoms with Crippen molar-refractivity contribution >= 4 is 5.97 Å². The molecule has 0 unspecified atom stereocenters. The first-order valence-corrected chi connectivity index (χ1v) is 7.88. The molecule has 1 aromatic heterocycles. The number of aromatic nitrogens is 1. The number of carboxylic acids is 1. The Hall–Kier alpha value is -2.40. The van der Waals surface area contributed by atoms with E-state index in [0.717, 1.165) is 18.8 Å². The molecule has 0 atom stereocenters. The fourth-order valence-electron chi connectivity index (χ4n) is 2.73. The van der Waals surface area contributed by atoms with Gasteiger partial charge in [0, 0.05) is 37.1 Å². The van der Waals surface area contributed by atoms with Crippen LogP contribution in [0.5, 0.6) is 0 Å². The molecule has 0 amide bonds. The second kappa shape index (κ2) is 7.74. The summed E-state index contributed by atoms with van der Waals surface area (Å²) < 4.78 is 0. The van der Waals surface area contributed by atoms with Crippen molar-refractivity contribution in [3.63, 3.8) is 0 Å². The maximum Gasteiger partial charge on any atom is 0.341 e. The first kappa shape index (κ1) is 17.0. The van der Waals surface area contributed by atoms with Crippen molar-refractivity contribution in [2.75, 3.05) is 6.54 Å². The molecule has 5 heteroatoms. The van der Waals surface area contributed by atoms with Crippen LogP contribution in [0, 0.1) is 0 Å². The van der Waals surface area contributed by atoms with E-state index in [1.807, 2.05) is 32.0 Å². The zero-order chi connectivity index (χ0) is 16.8. The molecule has 0 aliphatic carbocycles. The Morgan fingerprint density at radius 3 is 2.61 bits per heavy atom. The van der Waals surface area contributed by atoms with Crippen LogP contribution in [-0.4, -0.2) is 27.5 Å². The molecule has 1 aromatic carbocycles. The van der Waals surface area contributed by atoms with Crippen molar-refractivity contribution in [2.45, 2.75) is 33.4 Å². The number of fused-ring (bicyclic) bond motifs is 1. The van der Waals surface area contributed by atoms with Crippen molar-refractivity contribution in [3.8, 4) is 0 Å². The van der Waals surface area contributed by atoms with Crippen molar-refractivity contribution in [1.82, 2.24) is 9.88 Å². The predicted molar refractivity (Wildman–Crippen MR) is 89.6 cm³/mol. The van der Waals surface area contributed by atoms with Gasteiger partial charge in [0.25, 0.3) is 0 Å². The normalized spacial score (nSPS) is 13.7. The van der Waals surface area contributed by atoms with E-state index in [1.165, 1.54) is 11.8 Å². The molecule has 23 heavy (non-hydrogen) atoms. The number of carboxylic acid groups (broad SMARTS) is 1. The number of pyridine rings is 1. The Balaban J connectivity index is 0.000000924. The maximum absolute atomic E-state index is 12.1. The van der Waals surface area contributed by atoms with E-state index in [2.05, 4.69) is 22.0 Å². The Bertz CT molecular complexity index is 723. The van der Waals surface area contributed by atoms with Gasteiger partial charge in [0.1, 0.15) is 5.56 Å². The van der Waals surface area contributed by atoms with Crippen molar-refractivity contribution in [1.29, 1.82) is 0 Å². The second-order valence-electron chi connectivity index (χ2n) is 5.24. The molecular weight excluding hydrogens is 292 g/mol. The quantitative estimate of drug-likeness (QED) is 0.913. The highest BCUT2D eigenvalue weighted by Gasteiger charge is 2.22. The summed E-state index contributed by atoms with van der Waals surface area (Å²) in [6, 6.07) is 10.2. The van der Waals surface area contributed by atoms with Crippen LogP contribution in [0.15, 0.2) is 41.3 Å². The van der Waals surface area contributed by atoms with Gasteiger partial charge in [0.2, 0.25) is 0 Å². The minimum atomic E-state index is -1.18.